The molecule has 2 rings (SSSR count). The lowest BCUT2D eigenvalue weighted by atomic mass is 10.2. The van der Waals surface area contributed by atoms with E-state index in [9.17, 15) is 9.59 Å². The summed E-state index contributed by atoms with van der Waals surface area (Å²) in [7, 11) is 0. The van der Waals surface area contributed by atoms with Gasteiger partial charge in [-0.25, -0.2) is 9.97 Å². The van der Waals surface area contributed by atoms with Crippen LogP contribution in [0.2, 0.25) is 0 Å². The fraction of sp³-hybridized carbons (Fsp3) is 0.571. The summed E-state index contributed by atoms with van der Waals surface area (Å²) in [5.41, 5.74) is 0.962. The molecule has 0 aromatic carbocycles. The van der Waals surface area contributed by atoms with E-state index in [0.717, 1.165) is 19.3 Å². The molecule has 2 heterocycles. The number of rotatable bonds is 7. The summed E-state index contributed by atoms with van der Waals surface area (Å²) in [5, 5.41) is 2.71. The number of fused-ring (bicyclic) bond motifs is 1. The van der Waals surface area contributed by atoms with Crippen LogP contribution < -0.4 is 5.56 Å². The van der Waals surface area contributed by atoms with Crippen molar-refractivity contribution >= 4 is 11.7 Å². The largest absolute Gasteiger partial charge is 0.465 e. The number of hydrogen-bond acceptors (Lipinski definition) is 5. The number of hydrogen-bond donors (Lipinski definition) is 1. The molecule has 0 saturated heterocycles. The van der Waals surface area contributed by atoms with Gasteiger partial charge in [-0.15, -0.1) is 0 Å². The van der Waals surface area contributed by atoms with E-state index in [2.05, 4.69) is 22.0 Å². The summed E-state index contributed by atoms with van der Waals surface area (Å²) < 4.78 is 6.44. The Morgan fingerprint density at radius 1 is 1.43 bits per heavy atom. The van der Waals surface area contributed by atoms with Crippen LogP contribution in [0, 0.1) is 6.92 Å². The number of carbonyl (C=O) groups excluding carboxylic acids is 1. The van der Waals surface area contributed by atoms with Crippen molar-refractivity contribution in [1.29, 1.82) is 0 Å². The monoisotopic (exact) mass is 292 g/mol. The molecule has 0 spiro atoms. The molecule has 21 heavy (non-hydrogen) atoms. The van der Waals surface area contributed by atoms with Crippen LogP contribution in [0.5, 0.6) is 0 Å². The predicted molar refractivity (Wildman–Crippen MR) is 77.1 cm³/mol. The number of ether oxygens (including phenoxy) is 1. The Morgan fingerprint density at radius 2 is 2.24 bits per heavy atom. The van der Waals surface area contributed by atoms with E-state index in [1.807, 2.05) is 0 Å². The summed E-state index contributed by atoms with van der Waals surface area (Å²) in [6.45, 7) is 4.04. The van der Waals surface area contributed by atoms with Crippen LogP contribution in [-0.2, 0) is 16.0 Å². The fourth-order valence-corrected chi connectivity index (χ4v) is 2.14. The molecule has 2 aromatic rings. The molecule has 1 N–H and O–H groups in total. The molecule has 114 valence electrons. The van der Waals surface area contributed by atoms with E-state index in [-0.39, 0.29) is 18.1 Å². The first-order chi connectivity index (χ1) is 10.1. The van der Waals surface area contributed by atoms with Gasteiger partial charge in [0.25, 0.3) is 11.3 Å². The second-order valence-electron chi connectivity index (χ2n) is 4.93. The van der Waals surface area contributed by atoms with E-state index in [1.54, 1.807) is 6.92 Å². The van der Waals surface area contributed by atoms with Crippen molar-refractivity contribution in [2.45, 2.75) is 46.0 Å². The molecule has 0 fully saturated rings. The summed E-state index contributed by atoms with van der Waals surface area (Å²) >= 11 is 0. The smallest absolute Gasteiger partial charge is 0.305 e. The average molecular weight is 292 g/mol. The SMILES string of the molecule is CCCCCC(=O)OCCc1c(C)nc2nc[nH]n2c1=O. The Kier molecular flexibility index (Phi) is 5.08. The van der Waals surface area contributed by atoms with Crippen LogP contribution in [0.3, 0.4) is 0 Å². The highest BCUT2D eigenvalue weighted by Gasteiger charge is 2.12. The van der Waals surface area contributed by atoms with Gasteiger partial charge in [-0.1, -0.05) is 19.8 Å². The molecule has 0 saturated carbocycles. The molecule has 0 atom stereocenters. The molecule has 0 radical (unpaired) electrons. The van der Waals surface area contributed by atoms with Gasteiger partial charge < -0.3 is 4.74 Å². The standard InChI is InChI=1S/C14H20N4O3/c1-3-4-5-6-12(19)21-8-7-11-10(2)17-14-15-9-16-18(14)13(11)20/h9H,3-8H2,1-2H3,(H,15,16,17). The van der Waals surface area contributed by atoms with Crippen LogP contribution in [0.1, 0.15) is 43.9 Å². The highest BCUT2D eigenvalue weighted by atomic mass is 16.5. The predicted octanol–water partition coefficient (Wildman–Crippen LogP) is 1.39. The van der Waals surface area contributed by atoms with Crippen LogP contribution in [-0.4, -0.2) is 32.2 Å². The number of carbonyl (C=O) groups is 1. The Bertz CT molecular complexity index is 674. The summed E-state index contributed by atoms with van der Waals surface area (Å²) in [5.74, 6) is 0.134. The highest BCUT2D eigenvalue weighted by Crippen LogP contribution is 2.04. The molecule has 0 aliphatic heterocycles. The van der Waals surface area contributed by atoms with E-state index in [1.165, 1.54) is 10.8 Å². The lowest BCUT2D eigenvalue weighted by Crippen LogP contribution is -2.23. The number of unbranched alkanes of at least 4 members (excludes halogenated alkanes) is 2. The third-order valence-electron chi connectivity index (χ3n) is 3.33. The lowest BCUT2D eigenvalue weighted by Gasteiger charge is -2.06. The van der Waals surface area contributed by atoms with Gasteiger partial charge in [0.05, 0.1) is 12.3 Å². The molecule has 0 amide bonds. The quantitative estimate of drug-likeness (QED) is 0.615. The number of nitrogens with one attached hydrogen (secondary N) is 1. The third-order valence-corrected chi connectivity index (χ3v) is 3.33. The van der Waals surface area contributed by atoms with Crippen molar-refractivity contribution in [2.24, 2.45) is 0 Å². The van der Waals surface area contributed by atoms with Crippen LogP contribution in [0.15, 0.2) is 11.1 Å². The normalized spacial score (nSPS) is 11.0. The number of aryl methyl sites for hydroxylation is 1. The second kappa shape index (κ2) is 7.01. The van der Waals surface area contributed by atoms with Gasteiger partial charge in [-0.3, -0.25) is 14.7 Å². The number of nitrogens with zero attached hydrogens (tertiary/aromatic N) is 3. The summed E-state index contributed by atoms with van der Waals surface area (Å²) in [6.07, 6.45) is 5.15. The first-order valence-corrected chi connectivity index (χ1v) is 7.20. The Morgan fingerprint density at radius 3 is 3.00 bits per heavy atom. The molecular formula is C14H20N4O3. The number of H-pyrrole nitrogens is 1. The Labute approximate surface area is 122 Å². The Hall–Kier alpha value is -2.18. The summed E-state index contributed by atoms with van der Waals surface area (Å²) in [6, 6.07) is 0. The molecule has 7 heteroatoms. The zero-order valence-electron chi connectivity index (χ0n) is 12.4. The van der Waals surface area contributed by atoms with Crippen molar-refractivity contribution in [2.75, 3.05) is 6.61 Å². The first kappa shape index (κ1) is 15.2. The fourth-order valence-electron chi connectivity index (χ4n) is 2.14. The van der Waals surface area contributed by atoms with Gasteiger partial charge in [-0.2, -0.15) is 4.52 Å². The Balaban J connectivity index is 1.94. The second-order valence-corrected chi connectivity index (χ2v) is 4.93. The molecule has 0 unspecified atom stereocenters. The minimum absolute atomic E-state index is 0.197. The molecular weight excluding hydrogens is 272 g/mol. The minimum atomic E-state index is -0.211. The molecule has 0 bridgehead atoms. The minimum Gasteiger partial charge on any atom is -0.465 e. The van der Waals surface area contributed by atoms with Crippen molar-refractivity contribution in [3.8, 4) is 0 Å². The van der Waals surface area contributed by atoms with Crippen molar-refractivity contribution in [3.63, 3.8) is 0 Å². The van der Waals surface area contributed by atoms with Crippen LogP contribution >= 0.6 is 0 Å². The van der Waals surface area contributed by atoms with Crippen molar-refractivity contribution < 1.29 is 9.53 Å². The van der Waals surface area contributed by atoms with Crippen molar-refractivity contribution in [1.82, 2.24) is 19.6 Å². The maximum Gasteiger partial charge on any atom is 0.305 e. The maximum atomic E-state index is 12.2. The number of esters is 1. The average Bonchev–Trinajstić information content (AvgIpc) is 2.91. The van der Waals surface area contributed by atoms with Crippen LogP contribution in [0.4, 0.5) is 0 Å². The molecule has 2 aromatic heterocycles. The highest BCUT2D eigenvalue weighted by molar-refractivity contribution is 5.69. The summed E-state index contributed by atoms with van der Waals surface area (Å²) in [4.78, 5) is 31.9. The number of aromatic amines is 1. The van der Waals surface area contributed by atoms with Gasteiger partial charge in [0.1, 0.15) is 6.33 Å². The molecule has 0 aliphatic rings. The van der Waals surface area contributed by atoms with Gasteiger partial charge in [0.15, 0.2) is 0 Å². The van der Waals surface area contributed by atoms with Gasteiger partial charge in [0, 0.05) is 18.4 Å². The molecule has 7 nitrogen and oxygen atoms in total. The van der Waals surface area contributed by atoms with Gasteiger partial charge >= 0.3 is 5.97 Å². The van der Waals surface area contributed by atoms with E-state index < -0.39 is 0 Å². The lowest BCUT2D eigenvalue weighted by molar-refractivity contribution is -0.143. The number of aromatic nitrogens is 4. The zero-order chi connectivity index (χ0) is 15.2. The first-order valence-electron chi connectivity index (χ1n) is 7.20. The van der Waals surface area contributed by atoms with Crippen LogP contribution in [0.25, 0.3) is 5.78 Å². The topological polar surface area (TPSA) is 89.3 Å². The van der Waals surface area contributed by atoms with Gasteiger partial charge in [-0.05, 0) is 13.3 Å². The van der Waals surface area contributed by atoms with E-state index in [0.29, 0.717) is 29.9 Å². The van der Waals surface area contributed by atoms with E-state index >= 15 is 0 Å². The van der Waals surface area contributed by atoms with Crippen molar-refractivity contribution in [3.05, 3.63) is 27.9 Å². The zero-order valence-corrected chi connectivity index (χ0v) is 12.4. The van der Waals surface area contributed by atoms with E-state index in [4.69, 9.17) is 4.74 Å². The molecule has 0 aliphatic carbocycles. The maximum absolute atomic E-state index is 12.2. The third kappa shape index (κ3) is 3.68. The van der Waals surface area contributed by atoms with Gasteiger partial charge in [0.2, 0.25) is 0 Å².